The van der Waals surface area contributed by atoms with Gasteiger partial charge in [0.2, 0.25) is 5.91 Å². The standard InChI is InChI=1S/C18H23N3O3/c1-20-17(22)12-23-16-9-18(24-11-16)7-2-8-21(13-18)15-5-3-14(10-19)4-6-15/h3-6,16H,2,7-9,11-13H2,1H3,(H,20,22). The van der Waals surface area contributed by atoms with Gasteiger partial charge in [0.05, 0.1) is 29.9 Å². The number of ether oxygens (including phenoxy) is 2. The fraction of sp³-hybridized carbons (Fsp3) is 0.556. The molecule has 2 aliphatic heterocycles. The van der Waals surface area contributed by atoms with E-state index in [9.17, 15) is 4.79 Å². The molecule has 0 bridgehead atoms. The smallest absolute Gasteiger partial charge is 0.245 e. The molecule has 0 aromatic heterocycles. The average molecular weight is 329 g/mol. The Labute approximate surface area is 142 Å². The normalized spacial score (nSPS) is 26.3. The molecule has 2 heterocycles. The predicted octanol–water partition coefficient (Wildman–Crippen LogP) is 1.45. The number of benzene rings is 1. The van der Waals surface area contributed by atoms with Crippen LogP contribution < -0.4 is 10.2 Å². The summed E-state index contributed by atoms with van der Waals surface area (Å²) in [6, 6.07) is 9.83. The van der Waals surface area contributed by atoms with E-state index < -0.39 is 0 Å². The van der Waals surface area contributed by atoms with Crippen LogP contribution in [0.3, 0.4) is 0 Å². The molecule has 0 radical (unpaired) electrons. The number of hydrogen-bond donors (Lipinski definition) is 1. The number of hydrogen-bond acceptors (Lipinski definition) is 5. The fourth-order valence-corrected chi connectivity index (χ4v) is 3.52. The Morgan fingerprint density at radius 2 is 2.29 bits per heavy atom. The topological polar surface area (TPSA) is 74.6 Å². The van der Waals surface area contributed by atoms with E-state index in [4.69, 9.17) is 14.7 Å². The first-order chi connectivity index (χ1) is 11.6. The van der Waals surface area contributed by atoms with Gasteiger partial charge in [-0.25, -0.2) is 0 Å². The van der Waals surface area contributed by atoms with Crippen molar-refractivity contribution in [2.24, 2.45) is 0 Å². The molecule has 0 saturated carbocycles. The summed E-state index contributed by atoms with van der Waals surface area (Å²) in [6.45, 7) is 2.43. The monoisotopic (exact) mass is 329 g/mol. The maximum atomic E-state index is 11.3. The zero-order valence-electron chi connectivity index (χ0n) is 14.0. The van der Waals surface area contributed by atoms with Crippen LogP contribution >= 0.6 is 0 Å². The summed E-state index contributed by atoms with van der Waals surface area (Å²) >= 11 is 0. The molecule has 2 atom stereocenters. The third-order valence-electron chi connectivity index (χ3n) is 4.81. The molecule has 1 spiro atoms. The molecular formula is C18H23N3O3. The Morgan fingerprint density at radius 3 is 3.00 bits per heavy atom. The van der Waals surface area contributed by atoms with Gasteiger partial charge in [-0.05, 0) is 37.1 Å². The summed E-state index contributed by atoms with van der Waals surface area (Å²) in [5.74, 6) is -0.112. The number of amides is 1. The third-order valence-corrected chi connectivity index (χ3v) is 4.81. The minimum absolute atomic E-state index is 0.0248. The number of rotatable bonds is 4. The lowest BCUT2D eigenvalue weighted by Crippen LogP contribution is -2.48. The lowest BCUT2D eigenvalue weighted by atomic mass is 9.89. The van der Waals surface area contributed by atoms with E-state index in [0.717, 1.165) is 38.0 Å². The Kier molecular flexibility index (Phi) is 5.03. The molecule has 128 valence electrons. The summed E-state index contributed by atoms with van der Waals surface area (Å²) in [4.78, 5) is 13.6. The zero-order chi connectivity index (χ0) is 17.0. The molecule has 1 amide bonds. The van der Waals surface area contributed by atoms with Gasteiger partial charge in [0, 0.05) is 32.2 Å². The Hall–Kier alpha value is -2.10. The minimum Gasteiger partial charge on any atom is -0.370 e. The van der Waals surface area contributed by atoms with E-state index in [1.807, 2.05) is 24.3 Å². The summed E-state index contributed by atoms with van der Waals surface area (Å²) in [5.41, 5.74) is 1.59. The molecule has 2 saturated heterocycles. The number of carbonyl (C=O) groups is 1. The molecular weight excluding hydrogens is 306 g/mol. The highest BCUT2D eigenvalue weighted by Crippen LogP contribution is 2.37. The summed E-state index contributed by atoms with van der Waals surface area (Å²) in [7, 11) is 1.61. The van der Waals surface area contributed by atoms with Crippen molar-refractivity contribution in [2.75, 3.05) is 38.3 Å². The number of piperidine rings is 1. The Balaban J connectivity index is 1.61. The molecule has 2 fully saturated rings. The average Bonchev–Trinajstić information content (AvgIpc) is 3.02. The van der Waals surface area contributed by atoms with Crippen molar-refractivity contribution >= 4 is 11.6 Å². The van der Waals surface area contributed by atoms with E-state index in [1.165, 1.54) is 0 Å². The number of likely N-dealkylation sites (N-methyl/N-ethyl adjacent to an activating group) is 1. The van der Waals surface area contributed by atoms with Gasteiger partial charge in [0.25, 0.3) is 0 Å². The second kappa shape index (κ2) is 7.20. The van der Waals surface area contributed by atoms with Crippen LogP contribution in [-0.2, 0) is 14.3 Å². The highest BCUT2D eigenvalue weighted by molar-refractivity contribution is 5.76. The quantitative estimate of drug-likeness (QED) is 0.905. The van der Waals surface area contributed by atoms with E-state index in [2.05, 4.69) is 16.3 Å². The van der Waals surface area contributed by atoms with Crippen molar-refractivity contribution in [1.82, 2.24) is 5.32 Å². The van der Waals surface area contributed by atoms with Crippen LogP contribution in [0.15, 0.2) is 24.3 Å². The van der Waals surface area contributed by atoms with Crippen LogP contribution in [0, 0.1) is 11.3 Å². The van der Waals surface area contributed by atoms with Gasteiger partial charge in [0.1, 0.15) is 6.61 Å². The van der Waals surface area contributed by atoms with Crippen molar-refractivity contribution < 1.29 is 14.3 Å². The molecule has 6 heteroatoms. The second-order valence-corrected chi connectivity index (χ2v) is 6.49. The van der Waals surface area contributed by atoms with Crippen LogP contribution in [0.4, 0.5) is 5.69 Å². The van der Waals surface area contributed by atoms with E-state index in [-0.39, 0.29) is 24.2 Å². The van der Waals surface area contributed by atoms with Crippen molar-refractivity contribution in [3.05, 3.63) is 29.8 Å². The van der Waals surface area contributed by atoms with Crippen LogP contribution in [-0.4, -0.2) is 51.0 Å². The SMILES string of the molecule is CNC(=O)COC1COC2(CCCN(c3ccc(C#N)cc3)C2)C1. The number of nitriles is 1. The maximum Gasteiger partial charge on any atom is 0.245 e. The van der Waals surface area contributed by atoms with Gasteiger partial charge in [-0.2, -0.15) is 5.26 Å². The fourth-order valence-electron chi connectivity index (χ4n) is 3.52. The summed E-state index contributed by atoms with van der Waals surface area (Å²) in [5, 5.41) is 11.5. The van der Waals surface area contributed by atoms with Gasteiger partial charge < -0.3 is 19.7 Å². The van der Waals surface area contributed by atoms with E-state index in [1.54, 1.807) is 7.05 Å². The first-order valence-electron chi connectivity index (χ1n) is 8.35. The van der Waals surface area contributed by atoms with E-state index in [0.29, 0.717) is 12.2 Å². The molecule has 1 aromatic rings. The first kappa shape index (κ1) is 16.7. The van der Waals surface area contributed by atoms with Crippen LogP contribution in [0.5, 0.6) is 0 Å². The second-order valence-electron chi connectivity index (χ2n) is 6.49. The lowest BCUT2D eigenvalue weighted by Gasteiger charge is -2.41. The zero-order valence-corrected chi connectivity index (χ0v) is 14.0. The lowest BCUT2D eigenvalue weighted by molar-refractivity contribution is -0.127. The van der Waals surface area contributed by atoms with E-state index >= 15 is 0 Å². The van der Waals surface area contributed by atoms with Crippen molar-refractivity contribution in [3.63, 3.8) is 0 Å². The summed E-state index contributed by atoms with van der Waals surface area (Å²) < 4.78 is 11.8. The Bertz CT molecular complexity index is 625. The highest BCUT2D eigenvalue weighted by Gasteiger charge is 2.44. The number of nitrogens with one attached hydrogen (secondary N) is 1. The van der Waals surface area contributed by atoms with Gasteiger partial charge in [-0.15, -0.1) is 0 Å². The number of nitrogens with zero attached hydrogens (tertiary/aromatic N) is 2. The molecule has 0 aliphatic carbocycles. The predicted molar refractivity (Wildman–Crippen MR) is 89.7 cm³/mol. The molecule has 24 heavy (non-hydrogen) atoms. The van der Waals surface area contributed by atoms with Crippen molar-refractivity contribution in [3.8, 4) is 6.07 Å². The molecule has 1 N–H and O–H groups in total. The van der Waals surface area contributed by atoms with Crippen molar-refractivity contribution in [2.45, 2.75) is 31.0 Å². The van der Waals surface area contributed by atoms with Crippen LogP contribution in [0.2, 0.25) is 0 Å². The number of carbonyl (C=O) groups excluding carboxylic acids is 1. The molecule has 1 aromatic carbocycles. The molecule has 2 aliphatic rings. The van der Waals surface area contributed by atoms with Gasteiger partial charge >= 0.3 is 0 Å². The van der Waals surface area contributed by atoms with Crippen LogP contribution in [0.1, 0.15) is 24.8 Å². The third kappa shape index (κ3) is 3.69. The first-order valence-corrected chi connectivity index (χ1v) is 8.35. The maximum absolute atomic E-state index is 11.3. The van der Waals surface area contributed by atoms with Gasteiger partial charge in [0.15, 0.2) is 0 Å². The highest BCUT2D eigenvalue weighted by atomic mass is 16.6. The number of anilines is 1. The van der Waals surface area contributed by atoms with Crippen LogP contribution in [0.25, 0.3) is 0 Å². The molecule has 6 nitrogen and oxygen atoms in total. The van der Waals surface area contributed by atoms with Gasteiger partial charge in [-0.3, -0.25) is 4.79 Å². The summed E-state index contributed by atoms with van der Waals surface area (Å²) in [6.07, 6.45) is 2.86. The molecule has 2 unspecified atom stereocenters. The Morgan fingerprint density at radius 1 is 1.50 bits per heavy atom. The van der Waals surface area contributed by atoms with Gasteiger partial charge in [-0.1, -0.05) is 0 Å². The molecule has 3 rings (SSSR count). The largest absolute Gasteiger partial charge is 0.370 e. The minimum atomic E-state index is -0.195. The van der Waals surface area contributed by atoms with Crippen molar-refractivity contribution in [1.29, 1.82) is 5.26 Å².